The Morgan fingerprint density at radius 1 is 0.632 bits per heavy atom. The minimum absolute atomic E-state index is 0.0540. The Labute approximate surface area is 244 Å². The Hall–Kier alpha value is 0.708. The predicted octanol–water partition coefficient (Wildman–Crippen LogP) is 9.87. The van der Waals surface area contributed by atoms with Gasteiger partial charge in [0.2, 0.25) is 8.32 Å². The molecular formula is C30H71NO3Si4. The van der Waals surface area contributed by atoms with Crippen LogP contribution in [0, 0.1) is 0 Å². The Bertz CT molecular complexity index is 719. The summed E-state index contributed by atoms with van der Waals surface area (Å²) in [7, 11) is -8.10. The highest BCUT2D eigenvalue weighted by molar-refractivity contribution is 6.82. The molecule has 0 radical (unpaired) electrons. The molecule has 0 amide bonds. The van der Waals surface area contributed by atoms with E-state index in [-0.39, 0.29) is 21.1 Å². The molecule has 2 N–H and O–H groups in total. The van der Waals surface area contributed by atoms with Gasteiger partial charge in [-0.15, -0.1) is 0 Å². The summed E-state index contributed by atoms with van der Waals surface area (Å²) in [6, 6.07) is 1.09. The smallest absolute Gasteiger partial charge is 0.217 e. The summed E-state index contributed by atoms with van der Waals surface area (Å²) in [5.74, 6) is 0. The highest BCUT2D eigenvalue weighted by Crippen LogP contribution is 2.60. The highest BCUT2D eigenvalue weighted by atomic mass is 28.4. The first-order valence-electron chi connectivity index (χ1n) is 15.8. The Balaban J connectivity index is 7.24. The van der Waals surface area contributed by atoms with Crippen molar-refractivity contribution in [2.24, 2.45) is 5.73 Å². The van der Waals surface area contributed by atoms with E-state index in [0.717, 1.165) is 51.0 Å². The molecule has 0 spiro atoms. The second-order valence-corrected chi connectivity index (χ2v) is 33.8. The maximum atomic E-state index is 7.77. The summed E-state index contributed by atoms with van der Waals surface area (Å²) in [6.45, 7) is 41.4. The summed E-state index contributed by atoms with van der Waals surface area (Å²) in [5.41, 5.74) is 5.92. The van der Waals surface area contributed by atoms with Crippen molar-refractivity contribution < 1.29 is 13.3 Å². The van der Waals surface area contributed by atoms with E-state index >= 15 is 0 Å². The van der Waals surface area contributed by atoms with Crippen molar-refractivity contribution >= 4 is 33.0 Å². The molecule has 0 aromatic rings. The topological polar surface area (TPSA) is 53.7 Å². The molecule has 4 atom stereocenters. The second kappa shape index (κ2) is 13.8. The van der Waals surface area contributed by atoms with Gasteiger partial charge in [0.05, 0.1) is 18.9 Å². The third-order valence-electron chi connectivity index (χ3n) is 10.6. The monoisotopic (exact) mass is 605 g/mol. The third kappa shape index (κ3) is 8.17. The normalized spacial score (nSPS) is 20.4. The third-order valence-corrected chi connectivity index (χ3v) is 24.8. The van der Waals surface area contributed by atoms with Crippen LogP contribution in [0.4, 0.5) is 0 Å². The lowest BCUT2D eigenvalue weighted by Crippen LogP contribution is -2.69. The standard InChI is InChI=1S/C30H71NO3Si4/c1-18-24-27(6,38(17,26-23-25-31)33-28(7,19-2)35(9,10)11)30(21-4,22-5)34-37(15,16)29(8,20-3)32-36(12,13)14/h18-26,31H2,1-17H3/t27?,28-,29?,38?/m0/s1. The fourth-order valence-corrected chi connectivity index (χ4v) is 20.8. The molecule has 3 unspecified atom stereocenters. The fourth-order valence-electron chi connectivity index (χ4n) is 6.79. The molecule has 0 aliphatic rings. The van der Waals surface area contributed by atoms with Crippen molar-refractivity contribution in [1.29, 1.82) is 0 Å². The van der Waals surface area contributed by atoms with Gasteiger partial charge in [0.15, 0.2) is 16.6 Å². The van der Waals surface area contributed by atoms with Crippen molar-refractivity contribution in [3.8, 4) is 0 Å². The second-order valence-electron chi connectivity index (χ2n) is 15.3. The molecule has 0 heterocycles. The number of nitrogens with two attached hydrogens (primary N) is 1. The molecule has 0 aliphatic heterocycles. The van der Waals surface area contributed by atoms with Crippen molar-refractivity contribution in [2.45, 2.75) is 186 Å². The van der Waals surface area contributed by atoms with Crippen LogP contribution in [0.5, 0.6) is 0 Å². The van der Waals surface area contributed by atoms with Crippen LogP contribution in [0.3, 0.4) is 0 Å². The molecule has 0 saturated carbocycles. The first-order valence-corrected chi connectivity index (χ1v) is 28.2. The van der Waals surface area contributed by atoms with Gasteiger partial charge in [-0.2, -0.15) is 0 Å². The minimum Gasteiger partial charge on any atom is -0.414 e. The van der Waals surface area contributed by atoms with Crippen molar-refractivity contribution in [1.82, 2.24) is 0 Å². The predicted molar refractivity (Wildman–Crippen MR) is 182 cm³/mol. The molecule has 4 nitrogen and oxygen atoms in total. The van der Waals surface area contributed by atoms with E-state index in [2.05, 4.69) is 114 Å². The van der Waals surface area contributed by atoms with Gasteiger partial charge in [0.1, 0.15) is 0 Å². The van der Waals surface area contributed by atoms with Crippen LogP contribution >= 0.6 is 0 Å². The summed E-state index contributed by atoms with van der Waals surface area (Å²) in [4.78, 5) is 0. The van der Waals surface area contributed by atoms with Crippen LogP contribution in [-0.2, 0) is 13.3 Å². The number of hydrogen-bond donors (Lipinski definition) is 1. The van der Waals surface area contributed by atoms with Crippen LogP contribution in [0.25, 0.3) is 0 Å². The van der Waals surface area contributed by atoms with E-state index in [1.807, 2.05) is 0 Å². The molecule has 0 aliphatic carbocycles. The molecule has 0 aromatic carbocycles. The molecular weight excluding hydrogens is 535 g/mol. The summed E-state index contributed by atoms with van der Waals surface area (Å²) < 4.78 is 22.5. The van der Waals surface area contributed by atoms with E-state index in [1.165, 1.54) is 0 Å². The zero-order valence-electron chi connectivity index (χ0n) is 29.2. The molecule has 0 aromatic heterocycles. The molecule has 8 heteroatoms. The molecule has 0 fully saturated rings. The lowest BCUT2D eigenvalue weighted by atomic mass is 9.80. The van der Waals surface area contributed by atoms with Crippen LogP contribution < -0.4 is 5.73 Å². The van der Waals surface area contributed by atoms with Crippen molar-refractivity contribution in [2.75, 3.05) is 6.54 Å². The molecule has 0 bridgehead atoms. The Morgan fingerprint density at radius 2 is 1.11 bits per heavy atom. The van der Waals surface area contributed by atoms with Crippen LogP contribution in [-0.4, -0.2) is 55.6 Å². The van der Waals surface area contributed by atoms with Crippen molar-refractivity contribution in [3.05, 3.63) is 0 Å². The van der Waals surface area contributed by atoms with Gasteiger partial charge < -0.3 is 19.0 Å². The van der Waals surface area contributed by atoms with Gasteiger partial charge in [-0.1, -0.05) is 67.6 Å². The van der Waals surface area contributed by atoms with Crippen LogP contribution in [0.1, 0.15) is 100 Å². The summed E-state index contributed by atoms with van der Waals surface area (Å²) in [5, 5.41) is -0.356. The van der Waals surface area contributed by atoms with Gasteiger partial charge in [0.25, 0.3) is 0 Å². The van der Waals surface area contributed by atoms with Gasteiger partial charge in [0, 0.05) is 10.3 Å². The van der Waals surface area contributed by atoms with E-state index in [1.54, 1.807) is 0 Å². The molecule has 0 rings (SSSR count). The van der Waals surface area contributed by atoms with Crippen molar-refractivity contribution in [3.63, 3.8) is 0 Å². The molecule has 230 valence electrons. The zero-order chi connectivity index (χ0) is 30.5. The quantitative estimate of drug-likeness (QED) is 0.149. The fraction of sp³-hybridized carbons (Fsp3) is 1.00. The van der Waals surface area contributed by atoms with E-state index in [0.29, 0.717) is 6.54 Å². The number of hydrogen-bond acceptors (Lipinski definition) is 4. The van der Waals surface area contributed by atoms with Gasteiger partial charge in [-0.05, 0) is 104 Å². The largest absolute Gasteiger partial charge is 0.414 e. The minimum atomic E-state index is -2.38. The average molecular weight is 606 g/mol. The maximum Gasteiger partial charge on any atom is 0.217 e. The maximum absolute atomic E-state index is 7.77. The lowest BCUT2D eigenvalue weighted by molar-refractivity contribution is -0.0308. The summed E-state index contributed by atoms with van der Waals surface area (Å²) in [6.07, 6.45) is 7.29. The van der Waals surface area contributed by atoms with Crippen LogP contribution in [0.15, 0.2) is 0 Å². The SMILES string of the molecule is CCCC(C)(C(CC)(CC)O[Si](C)(C)C(C)(CC)O[Si](C)(C)C)[Si](C)(CCCN)O[C@](C)(CC)[Si](C)(C)C. The van der Waals surface area contributed by atoms with Crippen LogP contribution in [0.2, 0.25) is 70.0 Å². The van der Waals surface area contributed by atoms with E-state index in [4.69, 9.17) is 19.0 Å². The van der Waals surface area contributed by atoms with E-state index < -0.39 is 33.0 Å². The lowest BCUT2D eigenvalue weighted by Gasteiger charge is -2.62. The van der Waals surface area contributed by atoms with Gasteiger partial charge >= 0.3 is 0 Å². The Kier molecular flexibility index (Phi) is 14.0. The van der Waals surface area contributed by atoms with Gasteiger partial charge in [-0.25, -0.2) is 0 Å². The molecule has 38 heavy (non-hydrogen) atoms. The zero-order valence-corrected chi connectivity index (χ0v) is 33.2. The summed E-state index contributed by atoms with van der Waals surface area (Å²) >= 11 is 0. The molecule has 0 saturated heterocycles. The first-order chi connectivity index (χ1) is 17.0. The first kappa shape index (κ1) is 38.7. The van der Waals surface area contributed by atoms with E-state index in [9.17, 15) is 0 Å². The number of rotatable bonds is 19. The average Bonchev–Trinajstić information content (AvgIpc) is 2.79. The Morgan fingerprint density at radius 3 is 1.42 bits per heavy atom. The van der Waals surface area contributed by atoms with Gasteiger partial charge in [-0.3, -0.25) is 0 Å². The highest BCUT2D eigenvalue weighted by Gasteiger charge is 2.64.